The van der Waals surface area contributed by atoms with Gasteiger partial charge in [-0.15, -0.1) is 0 Å². The number of nitrogens with zero attached hydrogens (tertiary/aromatic N) is 4. The summed E-state index contributed by atoms with van der Waals surface area (Å²) < 4.78 is 27.0. The standard InChI is InChI=1S/C23H23N5O7S/c1-2-12-27-22(29)20-21(25-19(24-20)14-16-5-9-18(10-6-16)35-36(33)34)26(23(27)30)13-11-15-3-7-17(8-4-15)28(31)32/h3-10H,2,11-14H2,1H3,(H,24,25)(H,33,34). The maximum atomic E-state index is 13.2. The SMILES string of the molecule is CCCn1c(=O)c2[nH]c(Cc3ccc(OS(=O)O)cc3)nc2n(CCc2ccc([N+](=O)[O-])cc2)c1=O. The lowest BCUT2D eigenvalue weighted by atomic mass is 10.1. The normalized spacial score (nSPS) is 12.1. The third-order valence-corrected chi connectivity index (χ3v) is 5.93. The van der Waals surface area contributed by atoms with Crippen LogP contribution in [0.25, 0.3) is 11.2 Å². The first-order valence-corrected chi connectivity index (χ1v) is 12.1. The summed E-state index contributed by atoms with van der Waals surface area (Å²) in [4.78, 5) is 44.2. The number of nitro groups is 1. The highest BCUT2D eigenvalue weighted by molar-refractivity contribution is 7.74. The van der Waals surface area contributed by atoms with E-state index in [0.29, 0.717) is 25.1 Å². The number of aryl methyl sites for hydroxylation is 2. The van der Waals surface area contributed by atoms with E-state index in [9.17, 15) is 23.9 Å². The molecule has 0 fully saturated rings. The Balaban J connectivity index is 1.67. The second-order valence-electron chi connectivity index (χ2n) is 8.07. The molecule has 1 unspecified atom stereocenters. The second-order valence-corrected chi connectivity index (χ2v) is 8.67. The van der Waals surface area contributed by atoms with E-state index in [1.54, 1.807) is 36.4 Å². The molecule has 0 saturated carbocycles. The van der Waals surface area contributed by atoms with Crippen molar-refractivity contribution in [1.29, 1.82) is 0 Å². The molecule has 188 valence electrons. The van der Waals surface area contributed by atoms with Crippen LogP contribution in [0.2, 0.25) is 0 Å². The molecule has 0 spiro atoms. The molecule has 2 N–H and O–H groups in total. The molecule has 12 nitrogen and oxygen atoms in total. The van der Waals surface area contributed by atoms with Crippen LogP contribution in [-0.2, 0) is 37.3 Å². The number of non-ortho nitro benzene ring substituents is 1. The molecular formula is C23H23N5O7S. The van der Waals surface area contributed by atoms with E-state index >= 15 is 0 Å². The van der Waals surface area contributed by atoms with Gasteiger partial charge in [0.2, 0.25) is 0 Å². The number of hydrogen-bond acceptors (Lipinski definition) is 7. The predicted molar refractivity (Wildman–Crippen MR) is 132 cm³/mol. The Morgan fingerprint density at radius 2 is 1.72 bits per heavy atom. The quantitative estimate of drug-likeness (QED) is 0.186. The van der Waals surface area contributed by atoms with Crippen LogP contribution in [0.4, 0.5) is 5.69 Å². The van der Waals surface area contributed by atoms with Gasteiger partial charge in [-0.25, -0.2) is 9.78 Å². The average molecular weight is 514 g/mol. The summed E-state index contributed by atoms with van der Waals surface area (Å²) in [5, 5.41) is 10.9. The number of aromatic nitrogens is 4. The zero-order valence-electron chi connectivity index (χ0n) is 19.2. The Morgan fingerprint density at radius 1 is 1.06 bits per heavy atom. The van der Waals surface area contributed by atoms with Gasteiger partial charge in [0.1, 0.15) is 17.1 Å². The van der Waals surface area contributed by atoms with Crippen molar-refractivity contribution in [2.75, 3.05) is 0 Å². The predicted octanol–water partition coefficient (Wildman–Crippen LogP) is 2.55. The summed E-state index contributed by atoms with van der Waals surface area (Å²) in [5.74, 6) is 0.700. The average Bonchev–Trinajstić information content (AvgIpc) is 3.26. The molecule has 0 aliphatic rings. The van der Waals surface area contributed by atoms with Crippen molar-refractivity contribution in [3.05, 3.63) is 96.4 Å². The zero-order valence-corrected chi connectivity index (χ0v) is 20.1. The van der Waals surface area contributed by atoms with E-state index < -0.39 is 27.5 Å². The molecule has 0 aliphatic carbocycles. The van der Waals surface area contributed by atoms with Crippen molar-refractivity contribution in [2.45, 2.75) is 39.3 Å². The summed E-state index contributed by atoms with van der Waals surface area (Å²) in [6.45, 7) is 2.36. The van der Waals surface area contributed by atoms with Crippen molar-refractivity contribution in [2.24, 2.45) is 0 Å². The second kappa shape index (κ2) is 10.7. The van der Waals surface area contributed by atoms with E-state index in [1.165, 1.54) is 21.3 Å². The minimum absolute atomic E-state index is 0.0176. The van der Waals surface area contributed by atoms with Crippen LogP contribution < -0.4 is 15.4 Å². The number of fused-ring (bicyclic) bond motifs is 1. The molecule has 36 heavy (non-hydrogen) atoms. The maximum Gasteiger partial charge on any atom is 0.357 e. The summed E-state index contributed by atoms with van der Waals surface area (Å²) >= 11 is -2.42. The highest BCUT2D eigenvalue weighted by Gasteiger charge is 2.17. The Morgan fingerprint density at radius 3 is 2.33 bits per heavy atom. The fraction of sp³-hybridized carbons (Fsp3) is 0.261. The smallest absolute Gasteiger partial charge is 0.357 e. The molecule has 2 aromatic heterocycles. The molecule has 0 radical (unpaired) electrons. The first-order chi connectivity index (χ1) is 17.3. The molecule has 0 saturated heterocycles. The number of hydrogen-bond donors (Lipinski definition) is 2. The van der Waals surface area contributed by atoms with Crippen LogP contribution in [0.5, 0.6) is 5.75 Å². The molecular weight excluding hydrogens is 490 g/mol. The van der Waals surface area contributed by atoms with Crippen molar-refractivity contribution in [3.63, 3.8) is 0 Å². The van der Waals surface area contributed by atoms with Crippen LogP contribution in [0.3, 0.4) is 0 Å². The van der Waals surface area contributed by atoms with E-state index in [1.807, 2.05) is 6.92 Å². The van der Waals surface area contributed by atoms with Crippen molar-refractivity contribution in [1.82, 2.24) is 19.1 Å². The number of H-pyrrole nitrogens is 1. The third kappa shape index (κ3) is 5.42. The number of rotatable bonds is 10. The van der Waals surface area contributed by atoms with Gasteiger partial charge >= 0.3 is 17.1 Å². The number of nitro benzene ring substituents is 1. The van der Waals surface area contributed by atoms with E-state index in [4.69, 9.17) is 8.74 Å². The van der Waals surface area contributed by atoms with Gasteiger partial charge in [0, 0.05) is 31.6 Å². The van der Waals surface area contributed by atoms with Gasteiger partial charge in [0.05, 0.1) is 4.92 Å². The molecule has 13 heteroatoms. The van der Waals surface area contributed by atoms with E-state index in [2.05, 4.69) is 9.97 Å². The lowest BCUT2D eigenvalue weighted by Crippen LogP contribution is -2.40. The van der Waals surface area contributed by atoms with Gasteiger partial charge in [-0.3, -0.25) is 28.6 Å². The first kappa shape index (κ1) is 25.0. The Kier molecular flexibility index (Phi) is 7.41. The van der Waals surface area contributed by atoms with Crippen molar-refractivity contribution in [3.8, 4) is 5.75 Å². The van der Waals surface area contributed by atoms with Crippen LogP contribution in [0.1, 0.15) is 30.3 Å². The highest BCUT2D eigenvalue weighted by Crippen LogP contribution is 2.17. The Bertz CT molecular complexity index is 1540. The molecule has 1 atom stereocenters. The number of nitrogens with one attached hydrogen (secondary N) is 1. The summed E-state index contributed by atoms with van der Waals surface area (Å²) in [6.07, 6.45) is 1.32. The number of imidazole rings is 1. The Labute approximate surface area is 206 Å². The van der Waals surface area contributed by atoms with Gasteiger partial charge in [-0.2, -0.15) is 4.21 Å². The summed E-state index contributed by atoms with van der Waals surface area (Å²) in [6, 6.07) is 12.6. The zero-order chi connectivity index (χ0) is 25.8. The van der Waals surface area contributed by atoms with Crippen LogP contribution in [0.15, 0.2) is 58.1 Å². The van der Waals surface area contributed by atoms with Gasteiger partial charge < -0.3 is 9.17 Å². The largest absolute Gasteiger partial charge is 0.380 e. The summed E-state index contributed by atoms with van der Waals surface area (Å²) in [7, 11) is 0. The molecule has 2 aromatic carbocycles. The van der Waals surface area contributed by atoms with Gasteiger partial charge in [0.15, 0.2) is 5.65 Å². The third-order valence-electron chi connectivity index (χ3n) is 5.59. The lowest BCUT2D eigenvalue weighted by Gasteiger charge is -2.10. The molecule has 4 aromatic rings. The van der Waals surface area contributed by atoms with Crippen LogP contribution in [0, 0.1) is 10.1 Å². The topological polar surface area (TPSA) is 162 Å². The summed E-state index contributed by atoms with van der Waals surface area (Å²) in [5.41, 5.74) is 1.14. The Hall–Kier alpha value is -4.10. The van der Waals surface area contributed by atoms with Crippen LogP contribution >= 0.6 is 0 Å². The first-order valence-electron chi connectivity index (χ1n) is 11.1. The monoisotopic (exact) mass is 513 g/mol. The minimum Gasteiger partial charge on any atom is -0.380 e. The van der Waals surface area contributed by atoms with Gasteiger partial charge in [-0.05, 0) is 36.1 Å². The fourth-order valence-corrected chi connectivity index (χ4v) is 4.16. The van der Waals surface area contributed by atoms with E-state index in [-0.39, 0.29) is 35.7 Å². The number of aromatic amines is 1. The number of benzene rings is 2. The molecule has 0 amide bonds. The van der Waals surface area contributed by atoms with Gasteiger partial charge in [0.25, 0.3) is 11.2 Å². The molecule has 0 bridgehead atoms. The molecule has 4 rings (SSSR count). The molecule has 2 heterocycles. The highest BCUT2D eigenvalue weighted by atomic mass is 32.2. The van der Waals surface area contributed by atoms with Crippen LogP contribution in [-0.4, -0.2) is 32.8 Å². The van der Waals surface area contributed by atoms with Crippen molar-refractivity contribution >= 4 is 28.2 Å². The van der Waals surface area contributed by atoms with Crippen molar-refractivity contribution < 1.29 is 17.9 Å². The molecule has 0 aliphatic heterocycles. The van der Waals surface area contributed by atoms with Gasteiger partial charge in [-0.1, -0.05) is 31.2 Å². The van der Waals surface area contributed by atoms with E-state index in [0.717, 1.165) is 11.1 Å². The fourth-order valence-electron chi connectivity index (χ4n) is 3.88. The maximum absolute atomic E-state index is 13.2. The lowest BCUT2D eigenvalue weighted by molar-refractivity contribution is -0.384. The minimum atomic E-state index is -2.42.